The van der Waals surface area contributed by atoms with Gasteiger partial charge in [-0.3, -0.25) is 9.59 Å². The summed E-state index contributed by atoms with van der Waals surface area (Å²) >= 11 is 0. The number of benzene rings is 1. The highest BCUT2D eigenvalue weighted by atomic mass is 16.6. The number of hydrogen-bond acceptors (Lipinski definition) is 6. The van der Waals surface area contributed by atoms with Gasteiger partial charge in [-0.15, -0.1) is 0 Å². The number of carbonyl (C=O) groups excluding carboxylic acids is 4. The summed E-state index contributed by atoms with van der Waals surface area (Å²) in [4.78, 5) is 52.8. The molecule has 1 aromatic rings. The summed E-state index contributed by atoms with van der Waals surface area (Å²) in [5, 5.41) is 0. The number of amides is 2. The number of carbonyl (C=O) groups is 4. The van der Waals surface area contributed by atoms with Crippen LogP contribution in [-0.4, -0.2) is 59.1 Å². The summed E-state index contributed by atoms with van der Waals surface area (Å²) in [5.41, 5.74) is 0.326. The first-order valence-corrected chi connectivity index (χ1v) is 10.6. The third kappa shape index (κ3) is 7.08. The van der Waals surface area contributed by atoms with E-state index >= 15 is 0 Å². The van der Waals surface area contributed by atoms with Gasteiger partial charge in [0, 0.05) is 25.2 Å². The molecule has 0 spiro atoms. The van der Waals surface area contributed by atoms with Crippen LogP contribution in [-0.2, 0) is 19.1 Å². The maximum Gasteiger partial charge on any atom is 0.332 e. The van der Waals surface area contributed by atoms with Crippen LogP contribution >= 0.6 is 0 Å². The van der Waals surface area contributed by atoms with Crippen molar-refractivity contribution in [1.29, 1.82) is 0 Å². The van der Waals surface area contributed by atoms with Crippen LogP contribution in [0.2, 0.25) is 0 Å². The standard InChI is InChI=1S/C24H32N2O6/c1-7-15-25(17(5)31-21(27)9-3)23(29)19-13-11-12-14-20(19)24(30)26(16-8-2)18(6)32-22(28)10-4/h9-14,17-18H,3-4,7-8,15-16H2,1-2,5-6H3. The molecule has 0 aliphatic heterocycles. The molecule has 0 saturated carbocycles. The molecule has 0 aromatic heterocycles. The van der Waals surface area contributed by atoms with Crippen molar-refractivity contribution in [3.05, 3.63) is 60.7 Å². The Balaban J connectivity index is 3.32. The van der Waals surface area contributed by atoms with Gasteiger partial charge in [0.25, 0.3) is 11.8 Å². The number of rotatable bonds is 12. The van der Waals surface area contributed by atoms with Crippen LogP contribution in [0.3, 0.4) is 0 Å². The lowest BCUT2D eigenvalue weighted by Gasteiger charge is -2.31. The summed E-state index contributed by atoms with van der Waals surface area (Å²) in [6.45, 7) is 14.3. The Labute approximate surface area is 189 Å². The fourth-order valence-electron chi connectivity index (χ4n) is 3.10. The third-order valence-corrected chi connectivity index (χ3v) is 4.62. The van der Waals surface area contributed by atoms with Gasteiger partial charge in [0.05, 0.1) is 11.1 Å². The van der Waals surface area contributed by atoms with Crippen molar-refractivity contribution in [2.75, 3.05) is 13.1 Å². The highest BCUT2D eigenvalue weighted by molar-refractivity contribution is 6.07. The normalized spacial score (nSPS) is 12.1. The molecule has 0 radical (unpaired) electrons. The molecular formula is C24H32N2O6. The molecule has 2 atom stereocenters. The van der Waals surface area contributed by atoms with Gasteiger partial charge in [-0.1, -0.05) is 39.1 Å². The van der Waals surface area contributed by atoms with E-state index < -0.39 is 36.2 Å². The molecule has 0 saturated heterocycles. The molecule has 1 rings (SSSR count). The quantitative estimate of drug-likeness (QED) is 0.278. The molecule has 1 aromatic carbocycles. The molecule has 0 heterocycles. The van der Waals surface area contributed by atoms with E-state index in [4.69, 9.17) is 9.47 Å². The van der Waals surface area contributed by atoms with Crippen LogP contribution in [0.4, 0.5) is 0 Å². The highest BCUT2D eigenvalue weighted by Gasteiger charge is 2.30. The Morgan fingerprint density at radius 1 is 0.812 bits per heavy atom. The monoisotopic (exact) mass is 444 g/mol. The molecular weight excluding hydrogens is 412 g/mol. The molecule has 0 bridgehead atoms. The summed E-state index contributed by atoms with van der Waals surface area (Å²) in [7, 11) is 0. The molecule has 2 unspecified atom stereocenters. The Morgan fingerprint density at radius 2 is 1.16 bits per heavy atom. The van der Waals surface area contributed by atoms with Gasteiger partial charge < -0.3 is 19.3 Å². The van der Waals surface area contributed by atoms with Crippen molar-refractivity contribution in [2.24, 2.45) is 0 Å². The van der Waals surface area contributed by atoms with Gasteiger partial charge in [0.2, 0.25) is 0 Å². The molecule has 2 amide bonds. The zero-order valence-corrected chi connectivity index (χ0v) is 19.2. The SMILES string of the molecule is C=CC(=O)OC(C)N(CCC)C(=O)c1ccccc1C(=O)N(CCC)C(C)OC(=O)C=C. The summed E-state index contributed by atoms with van der Waals surface area (Å²) < 4.78 is 10.4. The van der Waals surface area contributed by atoms with E-state index in [9.17, 15) is 19.2 Å². The second kappa shape index (κ2) is 13.1. The summed E-state index contributed by atoms with van der Waals surface area (Å²) in [6.07, 6.45) is 1.59. The molecule has 8 heteroatoms. The van der Waals surface area contributed by atoms with Crippen LogP contribution in [0.1, 0.15) is 61.3 Å². The molecule has 0 aliphatic carbocycles. The molecule has 8 nitrogen and oxygen atoms in total. The Morgan fingerprint density at radius 3 is 1.44 bits per heavy atom. The second-order valence-electron chi connectivity index (χ2n) is 7.02. The fourth-order valence-corrected chi connectivity index (χ4v) is 3.10. The average Bonchev–Trinajstić information content (AvgIpc) is 2.79. The third-order valence-electron chi connectivity index (χ3n) is 4.62. The number of nitrogens with zero attached hydrogens (tertiary/aromatic N) is 2. The van der Waals surface area contributed by atoms with E-state index in [1.165, 1.54) is 9.80 Å². The second-order valence-corrected chi connectivity index (χ2v) is 7.02. The summed E-state index contributed by atoms with van der Waals surface area (Å²) in [6, 6.07) is 6.40. The van der Waals surface area contributed by atoms with Crippen LogP contribution in [0.15, 0.2) is 49.6 Å². The van der Waals surface area contributed by atoms with Gasteiger partial charge in [-0.25, -0.2) is 9.59 Å². The first-order valence-electron chi connectivity index (χ1n) is 10.6. The zero-order chi connectivity index (χ0) is 24.3. The molecule has 174 valence electrons. The van der Waals surface area contributed by atoms with E-state index in [0.29, 0.717) is 25.9 Å². The predicted molar refractivity (Wildman–Crippen MR) is 121 cm³/mol. The van der Waals surface area contributed by atoms with E-state index in [0.717, 1.165) is 12.2 Å². The van der Waals surface area contributed by atoms with Gasteiger partial charge >= 0.3 is 11.9 Å². The van der Waals surface area contributed by atoms with Crippen molar-refractivity contribution in [3.63, 3.8) is 0 Å². The molecule has 0 fully saturated rings. The zero-order valence-electron chi connectivity index (χ0n) is 19.2. The maximum absolute atomic E-state index is 13.4. The van der Waals surface area contributed by atoms with Crippen LogP contribution in [0, 0.1) is 0 Å². The molecule has 0 aliphatic rings. The first kappa shape index (κ1) is 26.6. The minimum atomic E-state index is -0.852. The maximum atomic E-state index is 13.4. The van der Waals surface area contributed by atoms with Crippen LogP contribution in [0.5, 0.6) is 0 Å². The van der Waals surface area contributed by atoms with Crippen molar-refractivity contribution in [1.82, 2.24) is 9.80 Å². The largest absolute Gasteiger partial charge is 0.439 e. The fraction of sp³-hybridized carbons (Fsp3) is 0.417. The predicted octanol–water partition coefficient (Wildman–Crippen LogP) is 3.54. The van der Waals surface area contributed by atoms with E-state index in [-0.39, 0.29) is 11.1 Å². The van der Waals surface area contributed by atoms with Crippen LogP contribution < -0.4 is 0 Å². The average molecular weight is 445 g/mol. The Bertz CT molecular complexity index is 782. The summed E-state index contributed by atoms with van der Waals surface area (Å²) in [5.74, 6) is -2.20. The lowest BCUT2D eigenvalue weighted by Crippen LogP contribution is -2.44. The van der Waals surface area contributed by atoms with Crippen molar-refractivity contribution in [3.8, 4) is 0 Å². The topological polar surface area (TPSA) is 93.2 Å². The van der Waals surface area contributed by atoms with E-state index in [1.807, 2.05) is 13.8 Å². The molecule has 0 N–H and O–H groups in total. The van der Waals surface area contributed by atoms with Gasteiger partial charge in [0.1, 0.15) is 0 Å². The first-order chi connectivity index (χ1) is 15.2. The Kier molecular flexibility index (Phi) is 10.9. The minimum Gasteiger partial charge on any atom is -0.439 e. The van der Waals surface area contributed by atoms with Crippen LogP contribution in [0.25, 0.3) is 0 Å². The van der Waals surface area contributed by atoms with Gasteiger partial charge in [-0.05, 0) is 38.8 Å². The highest BCUT2D eigenvalue weighted by Crippen LogP contribution is 2.19. The molecule has 32 heavy (non-hydrogen) atoms. The lowest BCUT2D eigenvalue weighted by molar-refractivity contribution is -0.150. The van der Waals surface area contributed by atoms with Crippen molar-refractivity contribution >= 4 is 23.8 Å². The number of hydrogen-bond donors (Lipinski definition) is 0. The van der Waals surface area contributed by atoms with Gasteiger partial charge in [0.15, 0.2) is 12.5 Å². The van der Waals surface area contributed by atoms with Gasteiger partial charge in [-0.2, -0.15) is 0 Å². The minimum absolute atomic E-state index is 0.163. The number of ether oxygens (including phenoxy) is 2. The smallest absolute Gasteiger partial charge is 0.332 e. The lowest BCUT2D eigenvalue weighted by atomic mass is 10.0. The van der Waals surface area contributed by atoms with Crippen molar-refractivity contribution < 1.29 is 28.7 Å². The Hall–Kier alpha value is -3.42. The van der Waals surface area contributed by atoms with Crippen molar-refractivity contribution in [2.45, 2.75) is 53.0 Å². The number of esters is 2. The van der Waals surface area contributed by atoms with E-state index in [1.54, 1.807) is 38.1 Å². The van der Waals surface area contributed by atoms with E-state index in [2.05, 4.69) is 13.2 Å².